The van der Waals surface area contributed by atoms with Gasteiger partial charge in [0.1, 0.15) is 23.5 Å². The average molecular weight is 311 g/mol. The van der Waals surface area contributed by atoms with E-state index >= 15 is 0 Å². The van der Waals surface area contributed by atoms with E-state index < -0.39 is 12.0 Å². The zero-order valence-corrected chi connectivity index (χ0v) is 12.7. The average Bonchev–Trinajstić information content (AvgIpc) is 2.58. The fourth-order valence-electron chi connectivity index (χ4n) is 1.98. The first-order chi connectivity index (χ1) is 11.2. The van der Waals surface area contributed by atoms with Gasteiger partial charge < -0.3 is 15.2 Å². The molecule has 0 aromatic heterocycles. The zero-order chi connectivity index (χ0) is 16.7. The second-order valence-electron chi connectivity index (χ2n) is 4.68. The van der Waals surface area contributed by atoms with E-state index in [0.29, 0.717) is 17.1 Å². The highest BCUT2D eigenvalue weighted by Crippen LogP contribution is 2.24. The molecule has 0 aliphatic rings. The number of rotatable bonds is 6. The van der Waals surface area contributed by atoms with E-state index in [0.717, 1.165) is 0 Å². The topological polar surface area (TPSA) is 78.6 Å². The maximum absolute atomic E-state index is 11.7. The fraction of sp³-hybridized carbons (Fsp3) is 0.167. The Morgan fingerprint density at radius 1 is 1.09 bits per heavy atom. The molecule has 5 nitrogen and oxygen atoms in total. The number of hydrogen-bond acceptors (Lipinski definition) is 5. The fourth-order valence-corrected chi connectivity index (χ4v) is 1.98. The molecule has 0 amide bonds. The van der Waals surface area contributed by atoms with Crippen LogP contribution in [-0.4, -0.2) is 24.6 Å². The van der Waals surface area contributed by atoms with Crippen LogP contribution in [0.5, 0.6) is 11.5 Å². The molecule has 1 atom stereocenters. The number of hydrogen-bond donors (Lipinski definition) is 1. The van der Waals surface area contributed by atoms with Gasteiger partial charge in [-0.25, -0.2) is 9.59 Å². The molecule has 0 radical (unpaired) electrons. The van der Waals surface area contributed by atoms with Crippen molar-refractivity contribution in [3.63, 3.8) is 0 Å². The molecule has 0 heterocycles. The Morgan fingerprint density at radius 3 is 2.26 bits per heavy atom. The van der Waals surface area contributed by atoms with Crippen LogP contribution in [0.2, 0.25) is 0 Å². The minimum absolute atomic E-state index is 0.0507. The third kappa shape index (κ3) is 4.30. The molecule has 0 spiro atoms. The van der Waals surface area contributed by atoms with Crippen molar-refractivity contribution in [2.24, 2.45) is 5.73 Å². The molecule has 0 saturated carbocycles. The number of carbonyl (C=O) groups excluding carboxylic acids is 2. The van der Waals surface area contributed by atoms with Crippen LogP contribution in [0.25, 0.3) is 5.57 Å². The van der Waals surface area contributed by atoms with Gasteiger partial charge in [-0.05, 0) is 36.8 Å². The first-order valence-corrected chi connectivity index (χ1v) is 7.16. The molecule has 0 bridgehead atoms. The molecule has 0 aliphatic heterocycles. The first-order valence-electron chi connectivity index (χ1n) is 7.16. The van der Waals surface area contributed by atoms with Crippen LogP contribution >= 0.6 is 0 Å². The van der Waals surface area contributed by atoms with Crippen molar-refractivity contribution in [3.8, 4) is 11.5 Å². The summed E-state index contributed by atoms with van der Waals surface area (Å²) in [7, 11) is 0. The standard InChI is InChI=1S/C18H17NO4/c1-2-22-18(21)17(19)16(12-20)13-8-10-15(11-9-13)23-14-6-4-3-5-7-14/h3-11,17H,2,19H2,1H3. The number of carbonyl (C=O) groups is 1. The van der Waals surface area contributed by atoms with Crippen LogP contribution in [0.1, 0.15) is 12.5 Å². The summed E-state index contributed by atoms with van der Waals surface area (Å²) in [4.78, 5) is 22.8. The first kappa shape index (κ1) is 16.5. The summed E-state index contributed by atoms with van der Waals surface area (Å²) in [5, 5.41) is 0. The van der Waals surface area contributed by atoms with Crippen molar-refractivity contribution in [1.82, 2.24) is 0 Å². The van der Waals surface area contributed by atoms with Crippen LogP contribution in [0.3, 0.4) is 0 Å². The van der Waals surface area contributed by atoms with E-state index in [-0.39, 0.29) is 12.2 Å². The quantitative estimate of drug-likeness (QED) is 0.655. The van der Waals surface area contributed by atoms with Gasteiger partial charge in [0.05, 0.1) is 12.2 Å². The van der Waals surface area contributed by atoms with Gasteiger partial charge in [0, 0.05) is 0 Å². The summed E-state index contributed by atoms with van der Waals surface area (Å²) in [5.41, 5.74) is 6.30. The van der Waals surface area contributed by atoms with Crippen molar-refractivity contribution in [3.05, 3.63) is 60.2 Å². The lowest BCUT2D eigenvalue weighted by atomic mass is 10.0. The van der Waals surface area contributed by atoms with E-state index in [9.17, 15) is 9.59 Å². The smallest absolute Gasteiger partial charge is 0.328 e. The molecule has 5 heteroatoms. The Balaban J connectivity index is 2.14. The third-order valence-electron chi connectivity index (χ3n) is 3.11. The van der Waals surface area contributed by atoms with Crippen LogP contribution in [0.4, 0.5) is 0 Å². The van der Waals surface area contributed by atoms with Gasteiger partial charge in [-0.15, -0.1) is 0 Å². The molecule has 2 rings (SSSR count). The SMILES string of the molecule is CCOC(=O)C(N)C(=C=O)c1ccc(Oc2ccccc2)cc1. The van der Waals surface area contributed by atoms with E-state index in [4.69, 9.17) is 15.2 Å². The molecule has 23 heavy (non-hydrogen) atoms. The minimum Gasteiger partial charge on any atom is -0.465 e. The van der Waals surface area contributed by atoms with Crippen molar-refractivity contribution in [2.45, 2.75) is 13.0 Å². The second kappa shape index (κ2) is 7.94. The molecule has 2 aromatic carbocycles. The van der Waals surface area contributed by atoms with Crippen molar-refractivity contribution in [2.75, 3.05) is 6.61 Å². The summed E-state index contributed by atoms with van der Waals surface area (Å²) in [6.07, 6.45) is 0. The van der Waals surface area contributed by atoms with Crippen LogP contribution in [0, 0.1) is 0 Å². The lowest BCUT2D eigenvalue weighted by Crippen LogP contribution is -2.33. The van der Waals surface area contributed by atoms with Crippen molar-refractivity contribution < 1.29 is 19.1 Å². The molecule has 118 valence electrons. The maximum Gasteiger partial charge on any atom is 0.328 e. The number of esters is 1. The zero-order valence-electron chi connectivity index (χ0n) is 12.7. The second-order valence-corrected chi connectivity index (χ2v) is 4.68. The highest BCUT2D eigenvalue weighted by atomic mass is 16.5. The predicted octanol–water partition coefficient (Wildman–Crippen LogP) is 2.58. The number of ether oxygens (including phenoxy) is 2. The molecular weight excluding hydrogens is 294 g/mol. The van der Waals surface area contributed by atoms with Crippen molar-refractivity contribution >= 4 is 17.5 Å². The summed E-state index contributed by atoms with van der Waals surface area (Å²) < 4.78 is 10.5. The number of benzene rings is 2. The van der Waals surface area contributed by atoms with Crippen LogP contribution < -0.4 is 10.5 Å². The minimum atomic E-state index is -1.16. The largest absolute Gasteiger partial charge is 0.465 e. The Hall–Kier alpha value is -2.88. The molecule has 0 saturated heterocycles. The summed E-state index contributed by atoms with van der Waals surface area (Å²) in [5.74, 6) is 2.38. The van der Waals surface area contributed by atoms with Gasteiger partial charge in [-0.3, -0.25) is 0 Å². The molecule has 1 unspecified atom stereocenters. The molecule has 2 aromatic rings. The Bertz CT molecular complexity index is 704. The number of nitrogens with two attached hydrogens (primary N) is 1. The van der Waals surface area contributed by atoms with E-state index in [1.807, 2.05) is 30.3 Å². The summed E-state index contributed by atoms with van der Waals surface area (Å²) in [6.45, 7) is 1.87. The predicted molar refractivity (Wildman–Crippen MR) is 86.7 cm³/mol. The van der Waals surface area contributed by atoms with Gasteiger partial charge in [0.2, 0.25) is 0 Å². The van der Waals surface area contributed by atoms with E-state index in [1.54, 1.807) is 37.1 Å². The Morgan fingerprint density at radius 2 is 1.70 bits per heavy atom. The Kier molecular flexibility index (Phi) is 5.69. The van der Waals surface area contributed by atoms with E-state index in [2.05, 4.69) is 0 Å². The van der Waals surface area contributed by atoms with Crippen LogP contribution in [-0.2, 0) is 14.3 Å². The van der Waals surface area contributed by atoms with Gasteiger partial charge in [0.25, 0.3) is 0 Å². The van der Waals surface area contributed by atoms with Gasteiger partial charge >= 0.3 is 5.97 Å². The molecular formula is C18H17NO4. The van der Waals surface area contributed by atoms with Crippen LogP contribution in [0.15, 0.2) is 54.6 Å². The van der Waals surface area contributed by atoms with Crippen molar-refractivity contribution in [1.29, 1.82) is 0 Å². The summed E-state index contributed by atoms with van der Waals surface area (Å²) >= 11 is 0. The monoisotopic (exact) mass is 311 g/mol. The lowest BCUT2D eigenvalue weighted by Gasteiger charge is -2.12. The summed E-state index contributed by atoms with van der Waals surface area (Å²) in [6, 6.07) is 14.8. The Labute approximate surface area is 134 Å². The maximum atomic E-state index is 11.7. The van der Waals surface area contributed by atoms with E-state index in [1.165, 1.54) is 0 Å². The highest BCUT2D eigenvalue weighted by Gasteiger charge is 2.22. The highest BCUT2D eigenvalue weighted by molar-refractivity contribution is 6.01. The molecule has 0 fully saturated rings. The molecule has 2 N–H and O–H groups in total. The third-order valence-corrected chi connectivity index (χ3v) is 3.11. The molecule has 0 aliphatic carbocycles. The van der Waals surface area contributed by atoms with Gasteiger partial charge in [0.15, 0.2) is 0 Å². The normalized spacial score (nSPS) is 11.2. The number of para-hydroxylation sites is 1. The van der Waals surface area contributed by atoms with Gasteiger partial charge in [-0.2, -0.15) is 0 Å². The lowest BCUT2D eigenvalue weighted by molar-refractivity contribution is -0.143. The van der Waals surface area contributed by atoms with Gasteiger partial charge in [-0.1, -0.05) is 30.3 Å².